The summed E-state index contributed by atoms with van der Waals surface area (Å²) in [4.78, 5) is 22.8. The summed E-state index contributed by atoms with van der Waals surface area (Å²) in [6, 6.07) is -0.561. The highest BCUT2D eigenvalue weighted by molar-refractivity contribution is 5.98. The molecule has 1 saturated heterocycles. The second-order valence-corrected chi connectivity index (χ2v) is 4.20. The summed E-state index contributed by atoms with van der Waals surface area (Å²) >= 11 is 0. The minimum atomic E-state index is -0.419. The number of methoxy groups -OCH3 is 2. The van der Waals surface area contributed by atoms with E-state index in [4.69, 9.17) is 9.47 Å². The second kappa shape index (κ2) is 4.39. The molecule has 2 fully saturated rings. The number of carbonyl (C=O) groups excluding carboxylic acids is 2. The Morgan fingerprint density at radius 3 is 2.38 bits per heavy atom. The fourth-order valence-corrected chi connectivity index (χ4v) is 2.49. The first kappa shape index (κ1) is 11.3. The van der Waals surface area contributed by atoms with Crippen molar-refractivity contribution in [3.8, 4) is 0 Å². The molecule has 1 aliphatic carbocycles. The van der Waals surface area contributed by atoms with Gasteiger partial charge in [0.05, 0.1) is 18.1 Å². The highest BCUT2D eigenvalue weighted by Crippen LogP contribution is 2.30. The topological polar surface area (TPSA) is 76.7 Å². The number of carbonyl (C=O) groups is 2. The van der Waals surface area contributed by atoms with Crippen LogP contribution in [-0.4, -0.2) is 44.4 Å². The molecule has 0 bridgehead atoms. The van der Waals surface area contributed by atoms with E-state index in [0.29, 0.717) is 12.8 Å². The van der Waals surface area contributed by atoms with Gasteiger partial charge < -0.3 is 14.8 Å². The van der Waals surface area contributed by atoms with Crippen molar-refractivity contribution in [2.45, 2.75) is 31.1 Å². The van der Waals surface area contributed by atoms with Gasteiger partial charge in [0, 0.05) is 20.3 Å². The average molecular weight is 228 g/mol. The van der Waals surface area contributed by atoms with Crippen LogP contribution >= 0.6 is 0 Å². The zero-order valence-corrected chi connectivity index (χ0v) is 9.36. The minimum absolute atomic E-state index is 0.0718. The average Bonchev–Trinajstić information content (AvgIpc) is 2.27. The van der Waals surface area contributed by atoms with Crippen LogP contribution in [0.2, 0.25) is 0 Å². The van der Waals surface area contributed by atoms with Gasteiger partial charge in [-0.2, -0.15) is 0 Å². The predicted molar refractivity (Wildman–Crippen MR) is 54.8 cm³/mol. The molecule has 1 heterocycles. The molecule has 4 atom stereocenters. The minimum Gasteiger partial charge on any atom is -0.379 e. The summed E-state index contributed by atoms with van der Waals surface area (Å²) < 4.78 is 10.6. The number of imide groups is 1. The Morgan fingerprint density at radius 2 is 1.75 bits per heavy atom. The van der Waals surface area contributed by atoms with Crippen LogP contribution in [0.5, 0.6) is 0 Å². The maximum atomic E-state index is 11.6. The van der Waals surface area contributed by atoms with Crippen molar-refractivity contribution in [2.24, 2.45) is 5.92 Å². The SMILES string of the molecule is COC1CC2NC(=O)NC(=O)C2CC1OC. The lowest BCUT2D eigenvalue weighted by Crippen LogP contribution is -2.62. The Labute approximate surface area is 93.7 Å². The van der Waals surface area contributed by atoms with Gasteiger partial charge in [-0.05, 0) is 12.8 Å². The highest BCUT2D eigenvalue weighted by Gasteiger charge is 2.44. The lowest BCUT2D eigenvalue weighted by atomic mass is 9.79. The van der Waals surface area contributed by atoms with Gasteiger partial charge in [0.2, 0.25) is 5.91 Å². The molecule has 3 amide bonds. The van der Waals surface area contributed by atoms with Crippen molar-refractivity contribution in [3.05, 3.63) is 0 Å². The summed E-state index contributed by atoms with van der Waals surface area (Å²) in [5.41, 5.74) is 0. The quantitative estimate of drug-likeness (QED) is 0.676. The molecule has 4 unspecified atom stereocenters. The number of amides is 3. The standard InChI is InChI=1S/C10H16N2O4/c1-15-7-3-5-6(4-8(7)16-2)11-10(14)12-9(5)13/h5-8H,3-4H2,1-2H3,(H2,11,12,13,14). The number of nitrogens with one attached hydrogen (secondary N) is 2. The third-order valence-electron chi connectivity index (χ3n) is 3.37. The van der Waals surface area contributed by atoms with Gasteiger partial charge >= 0.3 is 6.03 Å². The van der Waals surface area contributed by atoms with Crippen molar-refractivity contribution >= 4 is 11.9 Å². The smallest absolute Gasteiger partial charge is 0.321 e. The third kappa shape index (κ3) is 1.90. The largest absolute Gasteiger partial charge is 0.379 e. The van der Waals surface area contributed by atoms with Crippen LogP contribution in [-0.2, 0) is 14.3 Å². The maximum Gasteiger partial charge on any atom is 0.321 e. The maximum absolute atomic E-state index is 11.6. The molecular formula is C10H16N2O4. The van der Waals surface area contributed by atoms with E-state index >= 15 is 0 Å². The van der Waals surface area contributed by atoms with E-state index in [1.165, 1.54) is 0 Å². The number of ether oxygens (including phenoxy) is 2. The van der Waals surface area contributed by atoms with Crippen LogP contribution in [0.25, 0.3) is 0 Å². The van der Waals surface area contributed by atoms with Crippen LogP contribution in [0.4, 0.5) is 4.79 Å². The lowest BCUT2D eigenvalue weighted by molar-refractivity contribution is -0.134. The summed E-state index contributed by atoms with van der Waals surface area (Å²) in [5, 5.41) is 5.02. The van der Waals surface area contributed by atoms with E-state index in [9.17, 15) is 9.59 Å². The van der Waals surface area contributed by atoms with Crippen molar-refractivity contribution < 1.29 is 19.1 Å². The molecule has 2 N–H and O–H groups in total. The molecule has 6 nitrogen and oxygen atoms in total. The van der Waals surface area contributed by atoms with Crippen molar-refractivity contribution in [1.82, 2.24) is 10.6 Å². The van der Waals surface area contributed by atoms with E-state index < -0.39 is 6.03 Å². The normalized spacial score (nSPS) is 38.6. The van der Waals surface area contributed by atoms with E-state index in [-0.39, 0.29) is 30.1 Å². The van der Waals surface area contributed by atoms with Crippen LogP contribution in [0.15, 0.2) is 0 Å². The van der Waals surface area contributed by atoms with Crippen LogP contribution in [0, 0.1) is 5.92 Å². The van der Waals surface area contributed by atoms with Gasteiger partial charge in [0.25, 0.3) is 0 Å². The van der Waals surface area contributed by atoms with Gasteiger partial charge in [-0.1, -0.05) is 0 Å². The molecule has 1 aliphatic heterocycles. The van der Waals surface area contributed by atoms with Gasteiger partial charge in [0.1, 0.15) is 0 Å². The molecule has 0 spiro atoms. The predicted octanol–water partition coefficient (Wildman–Crippen LogP) is -0.366. The lowest BCUT2D eigenvalue weighted by Gasteiger charge is -2.41. The fourth-order valence-electron chi connectivity index (χ4n) is 2.49. The number of fused-ring (bicyclic) bond motifs is 1. The van der Waals surface area contributed by atoms with Crippen LogP contribution in [0.1, 0.15) is 12.8 Å². The molecular weight excluding hydrogens is 212 g/mol. The molecule has 16 heavy (non-hydrogen) atoms. The Bertz CT molecular complexity index is 307. The summed E-state index contributed by atoms with van der Waals surface area (Å²) in [6.07, 6.45) is 1.02. The molecule has 6 heteroatoms. The van der Waals surface area contributed by atoms with Crippen molar-refractivity contribution in [3.63, 3.8) is 0 Å². The van der Waals surface area contributed by atoms with E-state index in [2.05, 4.69) is 10.6 Å². The zero-order chi connectivity index (χ0) is 11.7. The molecule has 2 aliphatic rings. The first-order chi connectivity index (χ1) is 7.65. The Hall–Kier alpha value is -1.14. The molecule has 1 saturated carbocycles. The molecule has 0 aromatic rings. The van der Waals surface area contributed by atoms with Gasteiger partial charge in [0.15, 0.2) is 0 Å². The molecule has 2 rings (SSSR count). The third-order valence-corrected chi connectivity index (χ3v) is 3.37. The van der Waals surface area contributed by atoms with Crippen molar-refractivity contribution in [2.75, 3.05) is 14.2 Å². The van der Waals surface area contributed by atoms with Gasteiger partial charge in [-0.3, -0.25) is 10.1 Å². The van der Waals surface area contributed by atoms with Gasteiger partial charge in [-0.25, -0.2) is 4.79 Å². The Morgan fingerprint density at radius 1 is 1.12 bits per heavy atom. The first-order valence-electron chi connectivity index (χ1n) is 5.32. The van der Waals surface area contributed by atoms with E-state index in [1.54, 1.807) is 14.2 Å². The molecule has 0 radical (unpaired) electrons. The molecule has 0 aromatic carbocycles. The van der Waals surface area contributed by atoms with Crippen molar-refractivity contribution in [1.29, 1.82) is 0 Å². The molecule has 0 aromatic heterocycles. The summed E-state index contributed by atoms with van der Waals surface area (Å²) in [7, 11) is 3.22. The Balaban J connectivity index is 2.12. The first-order valence-corrected chi connectivity index (χ1v) is 5.32. The number of urea groups is 1. The summed E-state index contributed by atoms with van der Waals surface area (Å²) in [5.74, 6) is -0.431. The highest BCUT2D eigenvalue weighted by atomic mass is 16.5. The monoisotopic (exact) mass is 228 g/mol. The number of hydrogen-bond donors (Lipinski definition) is 2. The van der Waals surface area contributed by atoms with Crippen LogP contribution < -0.4 is 10.6 Å². The van der Waals surface area contributed by atoms with Crippen LogP contribution in [0.3, 0.4) is 0 Å². The zero-order valence-electron chi connectivity index (χ0n) is 9.36. The van der Waals surface area contributed by atoms with Gasteiger partial charge in [-0.15, -0.1) is 0 Å². The Kier molecular flexibility index (Phi) is 3.11. The van der Waals surface area contributed by atoms with E-state index in [1.807, 2.05) is 0 Å². The fraction of sp³-hybridized carbons (Fsp3) is 0.800. The number of hydrogen-bond acceptors (Lipinski definition) is 4. The summed E-state index contributed by atoms with van der Waals surface area (Å²) in [6.45, 7) is 0. The second-order valence-electron chi connectivity index (χ2n) is 4.20. The van der Waals surface area contributed by atoms with E-state index in [0.717, 1.165) is 0 Å². The number of rotatable bonds is 2. The molecule has 90 valence electrons.